The molecule has 76 heavy (non-hydrogen) atoms. The Bertz CT molecular complexity index is 1390. The molecular weight excluding hydrogens is 1010 g/mol. The van der Waals surface area contributed by atoms with Crippen LogP contribution >= 0.6 is 23.5 Å². The highest BCUT2D eigenvalue weighted by Crippen LogP contribution is 2.17. The van der Waals surface area contributed by atoms with Gasteiger partial charge in [-0.15, -0.1) is 0 Å². The molecular formula is C58H104N4O12S2. The Hall–Kier alpha value is -3.22. The lowest BCUT2D eigenvalue weighted by Gasteiger charge is -2.29. The van der Waals surface area contributed by atoms with Crippen LogP contribution in [-0.4, -0.2) is 145 Å². The molecule has 2 unspecified atom stereocenters. The zero-order chi connectivity index (χ0) is 55.7. The Morgan fingerprint density at radius 1 is 0.368 bits per heavy atom. The second-order valence-corrected chi connectivity index (χ2v) is 22.6. The summed E-state index contributed by atoms with van der Waals surface area (Å²) < 4.78 is 21.9. The number of ether oxygens (including phenoxy) is 4. The van der Waals surface area contributed by atoms with Crippen molar-refractivity contribution in [1.82, 2.24) is 20.4 Å². The molecule has 2 N–H and O–H groups in total. The first kappa shape index (κ1) is 70.8. The lowest BCUT2D eigenvalue weighted by atomic mass is 10.0. The lowest BCUT2D eigenvalue weighted by Crippen LogP contribution is -2.61. The fourth-order valence-electron chi connectivity index (χ4n) is 8.56. The quantitative estimate of drug-likeness (QED) is 0.0330. The molecule has 18 heteroatoms. The molecule has 0 aromatic carbocycles. The van der Waals surface area contributed by atoms with E-state index in [2.05, 4.69) is 38.3 Å². The minimum Gasteiger partial charge on any atom is -0.466 e. The highest BCUT2D eigenvalue weighted by Gasteiger charge is 2.34. The summed E-state index contributed by atoms with van der Waals surface area (Å²) >= 11 is 2.22. The summed E-state index contributed by atoms with van der Waals surface area (Å²) in [5, 5.41) is 5.17. The van der Waals surface area contributed by atoms with E-state index in [1.165, 1.54) is 77.0 Å². The largest absolute Gasteiger partial charge is 0.466 e. The Kier molecular flexibility index (Phi) is 46.6. The van der Waals surface area contributed by atoms with Crippen molar-refractivity contribution in [2.75, 3.05) is 77.2 Å². The first-order valence-corrected chi connectivity index (χ1v) is 31.9. The molecule has 0 aromatic rings. The van der Waals surface area contributed by atoms with Crippen LogP contribution in [0.2, 0.25) is 0 Å². The van der Waals surface area contributed by atoms with Crippen molar-refractivity contribution in [1.29, 1.82) is 0 Å². The molecule has 0 aliphatic carbocycles. The predicted molar refractivity (Wildman–Crippen MR) is 306 cm³/mol. The Balaban J connectivity index is 2.57. The predicted octanol–water partition coefficient (Wildman–Crippen LogP) is 10.8. The molecule has 1 saturated heterocycles. The number of carbonyl (C=O) groups is 8. The fraction of sp³-hybridized carbons (Fsp3) is 0.862. The van der Waals surface area contributed by atoms with E-state index in [9.17, 15) is 38.4 Å². The summed E-state index contributed by atoms with van der Waals surface area (Å²) in [6.45, 7) is 12.7. The summed E-state index contributed by atoms with van der Waals surface area (Å²) in [7, 11) is 0. The minimum absolute atomic E-state index is 0.0517. The normalized spacial score (nSPS) is 14.4. The molecule has 0 radical (unpaired) electrons. The van der Waals surface area contributed by atoms with Gasteiger partial charge in [-0.1, -0.05) is 180 Å². The molecule has 1 aliphatic heterocycles. The lowest BCUT2D eigenvalue weighted by molar-refractivity contribution is -0.146. The number of rotatable bonds is 52. The average Bonchev–Trinajstić information content (AvgIpc) is 3.40. The highest BCUT2D eigenvalue weighted by atomic mass is 32.2. The molecule has 0 saturated carbocycles. The van der Waals surface area contributed by atoms with Crippen LogP contribution in [0.3, 0.4) is 0 Å². The van der Waals surface area contributed by atoms with Gasteiger partial charge in [0, 0.05) is 63.6 Å². The van der Waals surface area contributed by atoms with Gasteiger partial charge in [-0.2, -0.15) is 0 Å². The number of nitrogens with zero attached hydrogens (tertiary/aromatic N) is 2. The Morgan fingerprint density at radius 2 is 0.618 bits per heavy atom. The first-order chi connectivity index (χ1) is 36.9. The van der Waals surface area contributed by atoms with Gasteiger partial charge in [0.05, 0.1) is 52.1 Å². The monoisotopic (exact) mass is 1110 g/mol. The molecule has 1 fully saturated rings. The first-order valence-electron chi connectivity index (χ1n) is 29.9. The van der Waals surface area contributed by atoms with Crippen molar-refractivity contribution in [3.8, 4) is 0 Å². The maximum absolute atomic E-state index is 13.1. The molecule has 0 bridgehead atoms. The summed E-state index contributed by atoms with van der Waals surface area (Å²) in [4.78, 5) is 106. The molecule has 1 heterocycles. The summed E-state index contributed by atoms with van der Waals surface area (Å²) in [5.41, 5.74) is 0. The van der Waals surface area contributed by atoms with Crippen molar-refractivity contribution < 1.29 is 57.3 Å². The Labute approximate surface area is 467 Å². The third-order valence-electron chi connectivity index (χ3n) is 13.5. The van der Waals surface area contributed by atoms with Crippen molar-refractivity contribution in [3.05, 3.63) is 0 Å². The van der Waals surface area contributed by atoms with Crippen LogP contribution in [0.1, 0.15) is 233 Å². The SMILES string of the molecule is CCCCCCCCOC(=O)CCN(CCSC(=O)CCC1NC(=O)C(CCC(=O)SCCN(CCC(=O)OCCCCCCCC)CCC(=O)OCCCCCCCC)NC1=O)CCC(=O)OCCCCCCCC. The number of hydrogen-bond donors (Lipinski definition) is 2. The number of esters is 4. The second kappa shape index (κ2) is 50.0. The van der Waals surface area contributed by atoms with Gasteiger partial charge in [-0.25, -0.2) is 0 Å². The highest BCUT2D eigenvalue weighted by molar-refractivity contribution is 8.13. The number of nitrogens with one attached hydrogen (secondary N) is 2. The molecule has 0 spiro atoms. The van der Waals surface area contributed by atoms with Gasteiger partial charge in [0.2, 0.25) is 11.8 Å². The van der Waals surface area contributed by atoms with Crippen molar-refractivity contribution in [2.45, 2.75) is 245 Å². The van der Waals surface area contributed by atoms with Crippen molar-refractivity contribution in [2.24, 2.45) is 0 Å². The molecule has 0 aromatic heterocycles. The van der Waals surface area contributed by atoms with E-state index in [4.69, 9.17) is 18.9 Å². The maximum atomic E-state index is 13.1. The van der Waals surface area contributed by atoms with Gasteiger partial charge in [0.25, 0.3) is 0 Å². The van der Waals surface area contributed by atoms with Gasteiger partial charge < -0.3 is 39.4 Å². The van der Waals surface area contributed by atoms with E-state index >= 15 is 0 Å². The molecule has 1 aliphatic rings. The van der Waals surface area contributed by atoms with Gasteiger partial charge in [-0.05, 0) is 38.5 Å². The van der Waals surface area contributed by atoms with Crippen LogP contribution in [0.5, 0.6) is 0 Å². The van der Waals surface area contributed by atoms with Crippen molar-refractivity contribution >= 4 is 69.4 Å². The van der Waals surface area contributed by atoms with E-state index in [0.29, 0.717) is 77.2 Å². The molecule has 2 amide bonds. The number of thioether (sulfide) groups is 2. The standard InChI is InChI=1S/C58H104N4O12S2/c1-5-9-13-17-21-25-43-71-51(63)33-37-61(38-34-52(64)72-44-26-22-18-14-10-6-2)41-47-75-55(67)31-29-49-57(69)60-50(58(70)59-49)30-32-56(68)76-48-42-62(39-35-53(65)73-45-27-23-19-15-11-7-3)40-36-54(66)74-46-28-24-20-16-12-8-4/h49-50H,5-48H2,1-4H3,(H,59,70)(H,60,69). The van der Waals surface area contributed by atoms with Gasteiger partial charge in [0.1, 0.15) is 12.1 Å². The van der Waals surface area contributed by atoms with Crippen molar-refractivity contribution in [3.63, 3.8) is 0 Å². The molecule has 2 atom stereocenters. The maximum Gasteiger partial charge on any atom is 0.307 e. The minimum atomic E-state index is -0.883. The summed E-state index contributed by atoms with van der Waals surface area (Å²) in [6.07, 6.45) is 27.3. The Morgan fingerprint density at radius 3 is 0.882 bits per heavy atom. The zero-order valence-corrected chi connectivity index (χ0v) is 49.5. The van der Waals surface area contributed by atoms with E-state index in [-0.39, 0.29) is 85.5 Å². The number of unbranched alkanes of at least 4 members (excludes halogenated alkanes) is 20. The summed E-state index contributed by atoms with van der Waals surface area (Å²) in [5.74, 6) is -1.15. The van der Waals surface area contributed by atoms with Crippen LogP contribution in [0.4, 0.5) is 0 Å². The van der Waals surface area contributed by atoms with Crippen LogP contribution in [-0.2, 0) is 57.3 Å². The zero-order valence-electron chi connectivity index (χ0n) is 47.9. The van der Waals surface area contributed by atoms with E-state index in [1.807, 2.05) is 9.80 Å². The second-order valence-electron chi connectivity index (χ2n) is 20.3. The molecule has 1 rings (SSSR count). The topological polar surface area (TPSA) is 204 Å². The smallest absolute Gasteiger partial charge is 0.307 e. The average molecular weight is 1110 g/mol. The number of carbonyl (C=O) groups excluding carboxylic acids is 8. The third-order valence-corrected chi connectivity index (χ3v) is 15.3. The van der Waals surface area contributed by atoms with Crippen LogP contribution in [0, 0.1) is 0 Å². The van der Waals surface area contributed by atoms with Gasteiger partial charge in [0.15, 0.2) is 10.2 Å². The van der Waals surface area contributed by atoms with Crippen LogP contribution < -0.4 is 10.6 Å². The number of hydrogen-bond acceptors (Lipinski definition) is 16. The third kappa shape index (κ3) is 41.8. The van der Waals surface area contributed by atoms with Gasteiger partial charge in [-0.3, -0.25) is 38.4 Å². The molecule has 440 valence electrons. The van der Waals surface area contributed by atoms with E-state index in [0.717, 1.165) is 101 Å². The number of piperazine rings is 1. The molecule has 16 nitrogen and oxygen atoms in total. The fourth-order valence-corrected chi connectivity index (χ4v) is 10.2. The van der Waals surface area contributed by atoms with Gasteiger partial charge >= 0.3 is 23.9 Å². The van der Waals surface area contributed by atoms with E-state index in [1.54, 1.807) is 0 Å². The number of amides is 2. The van der Waals surface area contributed by atoms with Crippen LogP contribution in [0.25, 0.3) is 0 Å². The van der Waals surface area contributed by atoms with Crippen LogP contribution in [0.15, 0.2) is 0 Å². The summed E-state index contributed by atoms with van der Waals surface area (Å²) in [6, 6.07) is -1.77. The van der Waals surface area contributed by atoms with E-state index < -0.39 is 23.9 Å².